The number of amides is 1. The largest absolute Gasteiger partial charge is 0.383 e. The van der Waals surface area contributed by atoms with Crippen molar-refractivity contribution >= 4 is 27.2 Å². The van der Waals surface area contributed by atoms with Gasteiger partial charge in [0.25, 0.3) is 5.91 Å². The van der Waals surface area contributed by atoms with Gasteiger partial charge in [-0.2, -0.15) is 4.98 Å². The summed E-state index contributed by atoms with van der Waals surface area (Å²) >= 11 is 0. The van der Waals surface area contributed by atoms with Crippen LogP contribution in [0.4, 0.5) is 11.5 Å². The van der Waals surface area contributed by atoms with Crippen LogP contribution in [0.1, 0.15) is 16.1 Å². The number of imidazole rings is 1. The Bertz CT molecular complexity index is 1260. The van der Waals surface area contributed by atoms with Crippen molar-refractivity contribution in [3.63, 3.8) is 0 Å². The summed E-state index contributed by atoms with van der Waals surface area (Å²) < 4.78 is 41.8. The van der Waals surface area contributed by atoms with Crippen LogP contribution in [-0.2, 0) is 31.1 Å². The van der Waals surface area contributed by atoms with E-state index in [0.29, 0.717) is 26.4 Å². The van der Waals surface area contributed by atoms with Crippen molar-refractivity contribution in [1.82, 2.24) is 14.5 Å². The number of fused-ring (bicyclic) bond motifs is 2. The van der Waals surface area contributed by atoms with Crippen molar-refractivity contribution in [3.8, 4) is 11.8 Å². The zero-order valence-electron chi connectivity index (χ0n) is 20.1. The molecule has 188 valence electrons. The molecule has 1 aromatic heterocycles. The van der Waals surface area contributed by atoms with Gasteiger partial charge in [-0.15, -0.1) is 0 Å². The van der Waals surface area contributed by atoms with Gasteiger partial charge >= 0.3 is 0 Å². The minimum atomic E-state index is -3.63. The van der Waals surface area contributed by atoms with Gasteiger partial charge in [-0.3, -0.25) is 4.79 Å². The van der Waals surface area contributed by atoms with E-state index < -0.39 is 22.3 Å². The number of rotatable bonds is 9. The van der Waals surface area contributed by atoms with Crippen molar-refractivity contribution in [1.29, 1.82) is 0 Å². The van der Waals surface area contributed by atoms with Gasteiger partial charge in [-0.05, 0) is 18.2 Å². The smallest absolute Gasteiger partial charge is 0.276 e. The number of hydrogen-bond donors (Lipinski definition) is 1. The molecule has 1 amide bonds. The number of benzene rings is 1. The first-order chi connectivity index (χ1) is 16.7. The van der Waals surface area contributed by atoms with Crippen LogP contribution in [0.5, 0.6) is 0 Å². The van der Waals surface area contributed by atoms with E-state index in [2.05, 4.69) is 22.1 Å². The molecule has 0 saturated carbocycles. The monoisotopic (exact) mass is 503 g/mol. The molecule has 3 heterocycles. The Morgan fingerprint density at radius 3 is 2.74 bits per heavy atom. The van der Waals surface area contributed by atoms with Gasteiger partial charge in [0, 0.05) is 45.3 Å². The zero-order chi connectivity index (χ0) is 25.2. The van der Waals surface area contributed by atoms with Gasteiger partial charge in [0.05, 0.1) is 26.4 Å². The minimum Gasteiger partial charge on any atom is -0.383 e. The van der Waals surface area contributed by atoms with Crippen LogP contribution in [0.2, 0.25) is 0 Å². The van der Waals surface area contributed by atoms with Gasteiger partial charge in [0.1, 0.15) is 0 Å². The highest BCUT2D eigenvalue weighted by Gasteiger charge is 2.53. The Morgan fingerprint density at radius 2 is 2.00 bits per heavy atom. The predicted octanol–water partition coefficient (Wildman–Crippen LogP) is 0.525. The van der Waals surface area contributed by atoms with Crippen molar-refractivity contribution in [2.45, 2.75) is 17.6 Å². The zero-order valence-corrected chi connectivity index (χ0v) is 21.0. The number of anilines is 2. The number of aromatic nitrogens is 2. The summed E-state index contributed by atoms with van der Waals surface area (Å²) in [7, 11) is 1.15. The Kier molecular flexibility index (Phi) is 7.32. The molecule has 1 fully saturated rings. The maximum atomic E-state index is 13.0. The molecule has 2 atom stereocenters. The summed E-state index contributed by atoms with van der Waals surface area (Å²) in [6.07, 6.45) is 0.197. The van der Waals surface area contributed by atoms with Crippen LogP contribution < -0.4 is 10.2 Å². The molecule has 4 rings (SSSR count). The number of nitrogens with zero attached hydrogens (tertiary/aromatic N) is 4. The van der Waals surface area contributed by atoms with E-state index in [0.717, 1.165) is 17.5 Å². The minimum absolute atomic E-state index is 0.175. The first-order valence-electron chi connectivity index (χ1n) is 11.1. The predicted molar refractivity (Wildman–Crippen MR) is 129 cm³/mol. The molecule has 0 bridgehead atoms. The highest BCUT2D eigenvalue weighted by molar-refractivity contribution is 7.90. The van der Waals surface area contributed by atoms with Crippen LogP contribution in [0.3, 0.4) is 0 Å². The molecule has 1 saturated heterocycles. The number of ether oxygens (including phenoxy) is 3. The average molecular weight is 504 g/mol. The maximum absolute atomic E-state index is 13.0. The number of carbonyl (C=O) groups excluding carboxylic acids is 1. The van der Waals surface area contributed by atoms with Crippen molar-refractivity contribution < 1.29 is 27.4 Å². The first-order valence-corrected chi connectivity index (χ1v) is 13.0. The molecule has 12 heteroatoms. The molecule has 0 radical (unpaired) electrons. The van der Waals surface area contributed by atoms with Crippen LogP contribution in [0.25, 0.3) is 0 Å². The molecule has 0 aliphatic carbocycles. The van der Waals surface area contributed by atoms with E-state index in [4.69, 9.17) is 14.2 Å². The summed E-state index contributed by atoms with van der Waals surface area (Å²) in [6, 6.07) is 7.70. The van der Waals surface area contributed by atoms with Gasteiger partial charge in [-0.1, -0.05) is 17.9 Å². The van der Waals surface area contributed by atoms with Gasteiger partial charge in [0.15, 0.2) is 24.0 Å². The number of nitrogens with one attached hydrogen (secondary N) is 1. The molecular formula is C23H29N5O6S. The van der Waals surface area contributed by atoms with Gasteiger partial charge in [-0.25, -0.2) is 8.42 Å². The molecular weight excluding hydrogens is 474 g/mol. The Morgan fingerprint density at radius 1 is 1.20 bits per heavy atom. The van der Waals surface area contributed by atoms with Crippen LogP contribution in [0, 0.1) is 11.8 Å². The SMILES string of the molecule is COCCOCCNc1cccc(C#CCN2c3nc(S(C)(=O)=O)n(C)c3C(=O)N(C)C3OC32)c1. The summed E-state index contributed by atoms with van der Waals surface area (Å²) in [5, 5.41) is 3.12. The third-order valence-electron chi connectivity index (χ3n) is 5.65. The normalized spacial score (nSPS) is 18.9. The maximum Gasteiger partial charge on any atom is 0.276 e. The number of epoxide rings is 1. The number of carbonyl (C=O) groups is 1. The molecule has 2 aliphatic rings. The van der Waals surface area contributed by atoms with E-state index in [9.17, 15) is 13.2 Å². The lowest BCUT2D eigenvalue weighted by Gasteiger charge is -2.16. The molecule has 1 N–H and O–H groups in total. The average Bonchev–Trinajstić information content (AvgIpc) is 3.53. The Labute approximate surface area is 204 Å². The second kappa shape index (κ2) is 10.2. The van der Waals surface area contributed by atoms with Crippen LogP contribution in [-0.4, -0.2) is 94.6 Å². The summed E-state index contributed by atoms with van der Waals surface area (Å²) in [5.74, 6) is 6.15. The van der Waals surface area contributed by atoms with E-state index in [1.54, 1.807) is 19.1 Å². The molecule has 2 unspecified atom stereocenters. The lowest BCUT2D eigenvalue weighted by atomic mass is 10.2. The van der Waals surface area contributed by atoms with E-state index in [1.807, 2.05) is 24.3 Å². The Hall–Kier alpha value is -3.11. The number of sulfone groups is 1. The van der Waals surface area contributed by atoms with Crippen molar-refractivity contribution in [3.05, 3.63) is 35.5 Å². The highest BCUT2D eigenvalue weighted by atomic mass is 32.2. The second-order valence-corrected chi connectivity index (χ2v) is 10.2. The summed E-state index contributed by atoms with van der Waals surface area (Å²) in [4.78, 5) is 20.5. The second-order valence-electron chi connectivity index (χ2n) is 8.27. The third kappa shape index (κ3) is 5.43. The Balaban J connectivity index is 1.49. The molecule has 2 aromatic rings. The molecule has 11 nitrogen and oxygen atoms in total. The molecule has 1 aromatic carbocycles. The third-order valence-corrected chi connectivity index (χ3v) is 6.68. The fourth-order valence-electron chi connectivity index (χ4n) is 3.86. The molecule has 35 heavy (non-hydrogen) atoms. The number of hydrogen-bond acceptors (Lipinski definition) is 9. The lowest BCUT2D eigenvalue weighted by molar-refractivity contribution is 0.0715. The standard InChI is InChI=1S/C23H29N5O6S/c1-26-18-19(25-23(26)35(4,30)31)28(22-21(34-22)27(2)20(18)29)11-6-8-16-7-5-9-17(15-16)24-10-12-33-14-13-32-3/h5,7,9,15,21-22,24H,10-14H2,1-4H3. The number of likely N-dealkylation sites (N-methyl/N-ethyl adjacent to an activating group) is 1. The number of methoxy groups -OCH3 is 1. The molecule has 2 aliphatic heterocycles. The van der Waals surface area contributed by atoms with Crippen LogP contribution in [0.15, 0.2) is 29.4 Å². The van der Waals surface area contributed by atoms with Gasteiger partial charge < -0.3 is 33.9 Å². The van der Waals surface area contributed by atoms with Crippen molar-refractivity contribution in [2.75, 3.05) is 63.5 Å². The van der Waals surface area contributed by atoms with E-state index in [-0.39, 0.29) is 29.1 Å². The lowest BCUT2D eigenvalue weighted by Crippen LogP contribution is -2.33. The quantitative estimate of drug-likeness (QED) is 0.297. The molecule has 0 spiro atoms. The van der Waals surface area contributed by atoms with E-state index >= 15 is 0 Å². The fourth-order valence-corrected chi connectivity index (χ4v) is 4.70. The van der Waals surface area contributed by atoms with Crippen molar-refractivity contribution in [2.24, 2.45) is 7.05 Å². The summed E-state index contributed by atoms with van der Waals surface area (Å²) in [6.45, 7) is 2.54. The topological polar surface area (TPSA) is 119 Å². The highest BCUT2D eigenvalue weighted by Crippen LogP contribution is 2.39. The first kappa shape index (κ1) is 25.0. The van der Waals surface area contributed by atoms with Gasteiger partial charge in [0.2, 0.25) is 15.0 Å². The van der Waals surface area contributed by atoms with Crippen LogP contribution >= 0.6 is 0 Å². The van der Waals surface area contributed by atoms with E-state index in [1.165, 1.54) is 16.5 Å². The summed E-state index contributed by atoms with van der Waals surface area (Å²) in [5.41, 5.74) is 1.93. The fraction of sp³-hybridized carbons (Fsp3) is 0.478.